The molecule has 2 aromatic heterocycles. The fourth-order valence-electron chi connectivity index (χ4n) is 3.02. The van der Waals surface area contributed by atoms with Crippen molar-refractivity contribution in [3.05, 3.63) is 35.7 Å². The highest BCUT2D eigenvalue weighted by Gasteiger charge is 2.21. The lowest BCUT2D eigenvalue weighted by atomic mass is 9.99. The minimum absolute atomic E-state index is 0.101. The largest absolute Gasteiger partial charge is 0.381 e. The molecule has 1 fully saturated rings. The summed E-state index contributed by atoms with van der Waals surface area (Å²) in [4.78, 5) is 16.7. The van der Waals surface area contributed by atoms with Crippen molar-refractivity contribution >= 4 is 5.91 Å². The topological polar surface area (TPSA) is 74.0 Å². The van der Waals surface area contributed by atoms with Crippen LogP contribution in [0.2, 0.25) is 0 Å². The minimum atomic E-state index is -0.101. The van der Waals surface area contributed by atoms with Crippen LogP contribution in [0.5, 0.6) is 0 Å². The fraction of sp³-hybridized carbons (Fsp3) is 0.562. The van der Waals surface area contributed by atoms with Gasteiger partial charge in [-0.25, -0.2) is 4.98 Å². The van der Waals surface area contributed by atoms with Crippen molar-refractivity contribution in [3.63, 3.8) is 0 Å². The van der Waals surface area contributed by atoms with Crippen molar-refractivity contribution in [1.29, 1.82) is 0 Å². The Bertz CT molecular complexity index is 670. The van der Waals surface area contributed by atoms with Crippen LogP contribution in [0.4, 0.5) is 0 Å². The van der Waals surface area contributed by atoms with E-state index in [1.807, 2.05) is 6.20 Å². The fourth-order valence-corrected chi connectivity index (χ4v) is 3.02. The van der Waals surface area contributed by atoms with E-state index in [0.29, 0.717) is 18.2 Å². The smallest absolute Gasteiger partial charge is 0.269 e. The first-order valence-corrected chi connectivity index (χ1v) is 8.03. The van der Waals surface area contributed by atoms with E-state index in [9.17, 15) is 4.79 Å². The molecule has 124 valence electrons. The van der Waals surface area contributed by atoms with Gasteiger partial charge in [0.2, 0.25) is 0 Å². The number of ether oxygens (including phenoxy) is 1. The first-order valence-electron chi connectivity index (χ1n) is 8.03. The van der Waals surface area contributed by atoms with Gasteiger partial charge in [-0.05, 0) is 25.8 Å². The van der Waals surface area contributed by atoms with Gasteiger partial charge in [0.25, 0.3) is 5.91 Å². The van der Waals surface area contributed by atoms with E-state index in [4.69, 9.17) is 4.74 Å². The van der Waals surface area contributed by atoms with Gasteiger partial charge in [0, 0.05) is 57.4 Å². The molecule has 1 aliphatic heterocycles. The average Bonchev–Trinajstić information content (AvgIpc) is 3.15. The van der Waals surface area contributed by atoms with Gasteiger partial charge in [0.1, 0.15) is 11.5 Å². The van der Waals surface area contributed by atoms with Crippen molar-refractivity contribution in [3.8, 4) is 0 Å². The second-order valence-electron chi connectivity index (χ2n) is 5.89. The quantitative estimate of drug-likeness (QED) is 0.900. The molecule has 7 nitrogen and oxygen atoms in total. The number of imidazole rings is 1. The molecule has 0 spiro atoms. The third-order valence-corrected chi connectivity index (χ3v) is 4.35. The van der Waals surface area contributed by atoms with E-state index in [1.54, 1.807) is 24.0 Å². The maximum atomic E-state index is 12.1. The Kier molecular flexibility index (Phi) is 4.76. The van der Waals surface area contributed by atoms with Crippen LogP contribution < -0.4 is 5.32 Å². The Balaban J connectivity index is 1.61. The van der Waals surface area contributed by atoms with Gasteiger partial charge in [-0.3, -0.25) is 9.48 Å². The van der Waals surface area contributed by atoms with Gasteiger partial charge in [-0.2, -0.15) is 5.10 Å². The van der Waals surface area contributed by atoms with Gasteiger partial charge >= 0.3 is 0 Å². The number of carbonyl (C=O) groups is 1. The molecular weight excluding hydrogens is 294 g/mol. The molecule has 7 heteroatoms. The van der Waals surface area contributed by atoms with Crippen molar-refractivity contribution in [2.45, 2.75) is 32.2 Å². The summed E-state index contributed by atoms with van der Waals surface area (Å²) in [6.45, 7) is 4.94. The summed E-state index contributed by atoms with van der Waals surface area (Å²) in [7, 11) is 1.76. The maximum absolute atomic E-state index is 12.1. The third-order valence-electron chi connectivity index (χ3n) is 4.35. The standard InChI is InChI=1S/C16H23N5O2/c1-12-11-18-15(13-4-9-23-10-5-13)21(12)8-7-17-16(22)14-3-6-19-20(14)2/h3,6,11,13H,4-5,7-10H2,1-2H3,(H,17,22). The summed E-state index contributed by atoms with van der Waals surface area (Å²) in [6, 6.07) is 1.71. The van der Waals surface area contributed by atoms with Crippen LogP contribution in [-0.4, -0.2) is 45.0 Å². The highest BCUT2D eigenvalue weighted by Crippen LogP contribution is 2.26. The van der Waals surface area contributed by atoms with Crippen LogP contribution in [0.15, 0.2) is 18.5 Å². The molecule has 0 unspecified atom stereocenters. The molecule has 1 saturated heterocycles. The average molecular weight is 317 g/mol. The highest BCUT2D eigenvalue weighted by atomic mass is 16.5. The van der Waals surface area contributed by atoms with Gasteiger partial charge < -0.3 is 14.6 Å². The molecule has 0 aliphatic carbocycles. The first-order chi connectivity index (χ1) is 11.2. The van der Waals surface area contributed by atoms with E-state index in [1.165, 1.54) is 0 Å². The molecule has 0 radical (unpaired) electrons. The molecule has 23 heavy (non-hydrogen) atoms. The predicted molar refractivity (Wildman–Crippen MR) is 85.3 cm³/mol. The summed E-state index contributed by atoms with van der Waals surface area (Å²) >= 11 is 0. The van der Waals surface area contributed by atoms with Gasteiger partial charge in [-0.15, -0.1) is 0 Å². The molecule has 0 atom stereocenters. The van der Waals surface area contributed by atoms with E-state index < -0.39 is 0 Å². The molecule has 2 aromatic rings. The zero-order valence-electron chi connectivity index (χ0n) is 13.7. The lowest BCUT2D eigenvalue weighted by Crippen LogP contribution is -2.30. The number of nitrogens with one attached hydrogen (secondary N) is 1. The Morgan fingerprint density at radius 3 is 2.91 bits per heavy atom. The molecule has 0 saturated carbocycles. The summed E-state index contributed by atoms with van der Waals surface area (Å²) in [6.07, 6.45) is 5.56. The van der Waals surface area contributed by atoms with Crippen LogP contribution in [0.25, 0.3) is 0 Å². The van der Waals surface area contributed by atoms with Crippen molar-refractivity contribution in [1.82, 2.24) is 24.6 Å². The van der Waals surface area contributed by atoms with E-state index in [-0.39, 0.29) is 5.91 Å². The SMILES string of the molecule is Cc1cnc(C2CCOCC2)n1CCNC(=O)c1ccnn1C. The minimum Gasteiger partial charge on any atom is -0.381 e. The molecular formula is C16H23N5O2. The third kappa shape index (κ3) is 3.44. The zero-order valence-corrected chi connectivity index (χ0v) is 13.7. The molecule has 1 N–H and O–H groups in total. The summed E-state index contributed by atoms with van der Waals surface area (Å²) < 4.78 is 9.21. The van der Waals surface area contributed by atoms with Crippen LogP contribution in [0, 0.1) is 6.92 Å². The highest BCUT2D eigenvalue weighted by molar-refractivity contribution is 5.92. The Morgan fingerprint density at radius 2 is 2.22 bits per heavy atom. The van der Waals surface area contributed by atoms with E-state index >= 15 is 0 Å². The van der Waals surface area contributed by atoms with Crippen molar-refractivity contribution in [2.24, 2.45) is 7.05 Å². The number of hydrogen-bond acceptors (Lipinski definition) is 4. The lowest BCUT2D eigenvalue weighted by Gasteiger charge is -2.23. The first kappa shape index (κ1) is 15.7. The van der Waals surface area contributed by atoms with E-state index in [0.717, 1.165) is 44.1 Å². The Morgan fingerprint density at radius 1 is 1.43 bits per heavy atom. The van der Waals surface area contributed by atoms with Crippen LogP contribution in [0.3, 0.4) is 0 Å². The van der Waals surface area contributed by atoms with Crippen LogP contribution in [0.1, 0.15) is 40.8 Å². The van der Waals surface area contributed by atoms with Crippen LogP contribution in [-0.2, 0) is 18.3 Å². The molecule has 1 aliphatic rings. The zero-order chi connectivity index (χ0) is 16.2. The summed E-state index contributed by atoms with van der Waals surface area (Å²) in [5, 5.41) is 6.96. The normalized spacial score (nSPS) is 15.7. The number of amides is 1. The predicted octanol–water partition coefficient (Wildman–Crippen LogP) is 1.25. The van der Waals surface area contributed by atoms with Crippen molar-refractivity contribution in [2.75, 3.05) is 19.8 Å². The number of rotatable bonds is 5. The molecule has 3 rings (SSSR count). The number of nitrogens with zero attached hydrogens (tertiary/aromatic N) is 4. The Hall–Kier alpha value is -2.15. The number of aryl methyl sites for hydroxylation is 2. The Labute approximate surface area is 135 Å². The van der Waals surface area contributed by atoms with Crippen molar-refractivity contribution < 1.29 is 9.53 Å². The monoisotopic (exact) mass is 317 g/mol. The summed E-state index contributed by atoms with van der Waals surface area (Å²) in [5.74, 6) is 1.46. The second-order valence-corrected chi connectivity index (χ2v) is 5.89. The molecule has 0 bridgehead atoms. The molecule has 3 heterocycles. The number of carbonyl (C=O) groups excluding carboxylic acids is 1. The molecule has 0 aromatic carbocycles. The van der Waals surface area contributed by atoms with Gasteiger partial charge in [0.05, 0.1) is 0 Å². The summed E-state index contributed by atoms with van der Waals surface area (Å²) in [5.41, 5.74) is 1.69. The number of aromatic nitrogens is 4. The number of hydrogen-bond donors (Lipinski definition) is 1. The van der Waals surface area contributed by atoms with Crippen LogP contribution >= 0.6 is 0 Å². The lowest BCUT2D eigenvalue weighted by molar-refractivity contribution is 0.0827. The van der Waals surface area contributed by atoms with E-state index in [2.05, 4.69) is 26.9 Å². The molecule has 1 amide bonds. The van der Waals surface area contributed by atoms with Gasteiger partial charge in [0.15, 0.2) is 0 Å². The van der Waals surface area contributed by atoms with Gasteiger partial charge in [-0.1, -0.05) is 0 Å². The second kappa shape index (κ2) is 6.95. The maximum Gasteiger partial charge on any atom is 0.269 e.